The van der Waals surface area contributed by atoms with Crippen molar-refractivity contribution in [3.63, 3.8) is 0 Å². The van der Waals surface area contributed by atoms with Crippen LogP contribution < -0.4 is 10.1 Å². The van der Waals surface area contributed by atoms with Crippen LogP contribution in [0.3, 0.4) is 0 Å². The molecule has 0 spiro atoms. The monoisotopic (exact) mass is 459 g/mol. The third kappa shape index (κ3) is 4.73. The minimum atomic E-state index is -3.54. The van der Waals surface area contributed by atoms with Crippen LogP contribution in [0, 0.1) is 5.92 Å². The van der Waals surface area contributed by atoms with E-state index < -0.39 is 10.0 Å². The number of benzene rings is 2. The van der Waals surface area contributed by atoms with E-state index in [-0.39, 0.29) is 10.8 Å². The maximum atomic E-state index is 12.9. The Bertz CT molecular complexity index is 1190. The van der Waals surface area contributed by atoms with E-state index in [9.17, 15) is 13.2 Å². The quantitative estimate of drug-likeness (QED) is 0.591. The summed E-state index contributed by atoms with van der Waals surface area (Å²) < 4.78 is 33.7. The number of rotatable bonds is 6. The van der Waals surface area contributed by atoms with Gasteiger partial charge < -0.3 is 4.74 Å². The van der Waals surface area contributed by atoms with Crippen molar-refractivity contribution in [3.8, 4) is 5.75 Å². The number of anilines is 1. The standard InChI is InChI=1S/C22H25N3O4S2/c1-3-29-17-8-11-19-20(13-17)30-22(23-19)24-21(26)16-6-9-18(10-7-16)31(27,28)25-12-4-5-15(2)14-25/h6-11,13,15H,3-5,12,14H2,1-2H3,(H,23,24,26). The first kappa shape index (κ1) is 21.7. The lowest BCUT2D eigenvalue weighted by molar-refractivity contribution is 0.102. The van der Waals surface area contributed by atoms with Gasteiger partial charge in [0.2, 0.25) is 10.0 Å². The van der Waals surface area contributed by atoms with Crippen molar-refractivity contribution in [2.24, 2.45) is 5.92 Å². The van der Waals surface area contributed by atoms with Crippen LogP contribution in [-0.4, -0.2) is 43.3 Å². The number of ether oxygens (including phenoxy) is 1. The Balaban J connectivity index is 1.47. The van der Waals surface area contributed by atoms with Gasteiger partial charge in [-0.25, -0.2) is 13.4 Å². The first-order chi connectivity index (χ1) is 14.9. The number of piperidine rings is 1. The largest absolute Gasteiger partial charge is 0.494 e. The minimum absolute atomic E-state index is 0.210. The van der Waals surface area contributed by atoms with Gasteiger partial charge in [-0.3, -0.25) is 10.1 Å². The zero-order valence-corrected chi connectivity index (χ0v) is 19.1. The molecule has 1 N–H and O–H groups in total. The van der Waals surface area contributed by atoms with E-state index in [1.54, 1.807) is 0 Å². The molecule has 31 heavy (non-hydrogen) atoms. The Morgan fingerprint density at radius 3 is 2.74 bits per heavy atom. The Labute approximate surface area is 186 Å². The molecule has 0 saturated carbocycles. The predicted octanol–water partition coefficient (Wildman–Crippen LogP) is 4.37. The van der Waals surface area contributed by atoms with E-state index >= 15 is 0 Å². The molecule has 1 unspecified atom stereocenters. The molecule has 1 aliphatic rings. The number of nitrogens with one attached hydrogen (secondary N) is 1. The van der Waals surface area contributed by atoms with Crippen LogP contribution in [0.4, 0.5) is 5.13 Å². The highest BCUT2D eigenvalue weighted by molar-refractivity contribution is 7.89. The first-order valence-corrected chi connectivity index (χ1v) is 12.6. The Morgan fingerprint density at radius 1 is 1.26 bits per heavy atom. The van der Waals surface area contributed by atoms with Gasteiger partial charge in [0.05, 0.1) is 21.7 Å². The molecule has 2 aromatic carbocycles. The van der Waals surface area contributed by atoms with Gasteiger partial charge in [0.25, 0.3) is 5.91 Å². The van der Waals surface area contributed by atoms with Gasteiger partial charge in [-0.15, -0.1) is 0 Å². The molecule has 164 valence electrons. The van der Waals surface area contributed by atoms with E-state index in [0.717, 1.165) is 28.8 Å². The number of carbonyl (C=O) groups is 1. The van der Waals surface area contributed by atoms with E-state index in [2.05, 4.69) is 17.2 Å². The van der Waals surface area contributed by atoms with E-state index in [0.29, 0.717) is 36.3 Å². The van der Waals surface area contributed by atoms with Crippen molar-refractivity contribution in [3.05, 3.63) is 48.0 Å². The van der Waals surface area contributed by atoms with Gasteiger partial charge >= 0.3 is 0 Å². The molecule has 4 rings (SSSR count). The van der Waals surface area contributed by atoms with Gasteiger partial charge in [0.15, 0.2) is 5.13 Å². The van der Waals surface area contributed by atoms with Gasteiger partial charge in [-0.05, 0) is 68.1 Å². The number of amides is 1. The molecular formula is C22H25N3O4S2. The Morgan fingerprint density at radius 2 is 2.03 bits per heavy atom. The number of thiazole rings is 1. The number of hydrogen-bond donors (Lipinski definition) is 1. The smallest absolute Gasteiger partial charge is 0.257 e. The van der Waals surface area contributed by atoms with Crippen LogP contribution in [0.15, 0.2) is 47.4 Å². The molecule has 1 fully saturated rings. The van der Waals surface area contributed by atoms with Crippen molar-refractivity contribution in [1.29, 1.82) is 0 Å². The van der Waals surface area contributed by atoms with Gasteiger partial charge in [-0.1, -0.05) is 18.3 Å². The molecule has 1 saturated heterocycles. The highest BCUT2D eigenvalue weighted by atomic mass is 32.2. The summed E-state index contributed by atoms with van der Waals surface area (Å²) in [4.78, 5) is 17.3. The topological polar surface area (TPSA) is 88.6 Å². The van der Waals surface area contributed by atoms with Gasteiger partial charge in [-0.2, -0.15) is 4.31 Å². The lowest BCUT2D eigenvalue weighted by Gasteiger charge is -2.30. The second-order valence-electron chi connectivity index (χ2n) is 7.67. The van der Waals surface area contributed by atoms with Crippen LogP contribution in [0.2, 0.25) is 0 Å². The lowest BCUT2D eigenvalue weighted by Crippen LogP contribution is -2.39. The lowest BCUT2D eigenvalue weighted by atomic mass is 10.0. The average molecular weight is 460 g/mol. The third-order valence-corrected chi connectivity index (χ3v) is 8.08. The summed E-state index contributed by atoms with van der Waals surface area (Å²) >= 11 is 1.36. The van der Waals surface area contributed by atoms with Crippen molar-refractivity contribution in [2.45, 2.75) is 31.6 Å². The summed E-state index contributed by atoms with van der Waals surface area (Å²) in [6.07, 6.45) is 1.92. The predicted molar refractivity (Wildman–Crippen MR) is 122 cm³/mol. The molecule has 3 aromatic rings. The van der Waals surface area contributed by atoms with Crippen molar-refractivity contribution >= 4 is 42.6 Å². The number of hydrogen-bond acceptors (Lipinski definition) is 6. The van der Waals surface area contributed by atoms with Crippen LogP contribution in [0.5, 0.6) is 5.75 Å². The van der Waals surface area contributed by atoms with Gasteiger partial charge in [0.1, 0.15) is 5.75 Å². The maximum absolute atomic E-state index is 12.9. The van der Waals surface area contributed by atoms with E-state index in [1.807, 2.05) is 25.1 Å². The number of aromatic nitrogens is 1. The second-order valence-corrected chi connectivity index (χ2v) is 10.6. The molecule has 0 bridgehead atoms. The highest BCUT2D eigenvalue weighted by Gasteiger charge is 2.28. The summed E-state index contributed by atoms with van der Waals surface area (Å²) in [6.45, 7) is 5.64. The summed E-state index contributed by atoms with van der Waals surface area (Å²) in [5.74, 6) is 0.781. The fourth-order valence-electron chi connectivity index (χ4n) is 3.68. The highest BCUT2D eigenvalue weighted by Crippen LogP contribution is 2.30. The molecule has 7 nitrogen and oxygen atoms in total. The fraction of sp³-hybridized carbons (Fsp3) is 0.364. The zero-order chi connectivity index (χ0) is 22.0. The molecule has 2 heterocycles. The van der Waals surface area contributed by atoms with Crippen LogP contribution in [0.1, 0.15) is 37.0 Å². The number of sulfonamides is 1. The van der Waals surface area contributed by atoms with Crippen LogP contribution in [0.25, 0.3) is 10.2 Å². The summed E-state index contributed by atoms with van der Waals surface area (Å²) in [6, 6.07) is 11.7. The molecule has 1 aromatic heterocycles. The summed E-state index contributed by atoms with van der Waals surface area (Å²) in [7, 11) is -3.54. The van der Waals surface area contributed by atoms with E-state index in [1.165, 1.54) is 39.9 Å². The third-order valence-electron chi connectivity index (χ3n) is 5.27. The molecule has 0 radical (unpaired) electrons. The normalized spacial score (nSPS) is 17.5. The molecular weight excluding hydrogens is 434 g/mol. The molecule has 1 aliphatic heterocycles. The van der Waals surface area contributed by atoms with Crippen molar-refractivity contribution in [1.82, 2.24) is 9.29 Å². The van der Waals surface area contributed by atoms with Crippen molar-refractivity contribution < 1.29 is 17.9 Å². The average Bonchev–Trinajstić information content (AvgIpc) is 3.15. The molecule has 1 atom stereocenters. The fourth-order valence-corrected chi connectivity index (χ4v) is 6.16. The Hall–Kier alpha value is -2.49. The first-order valence-electron chi connectivity index (χ1n) is 10.3. The van der Waals surface area contributed by atoms with Crippen molar-refractivity contribution in [2.75, 3.05) is 25.0 Å². The summed E-state index contributed by atoms with van der Waals surface area (Å²) in [5.41, 5.74) is 1.15. The molecule has 0 aliphatic carbocycles. The number of fused-ring (bicyclic) bond motifs is 1. The SMILES string of the molecule is CCOc1ccc2nc(NC(=O)c3ccc(S(=O)(=O)N4CCCC(C)C4)cc3)sc2c1. The molecule has 1 amide bonds. The molecule has 9 heteroatoms. The van der Waals surface area contributed by atoms with Gasteiger partial charge in [0, 0.05) is 18.7 Å². The maximum Gasteiger partial charge on any atom is 0.257 e. The Kier molecular flexibility index (Phi) is 6.27. The number of nitrogens with zero attached hydrogens (tertiary/aromatic N) is 2. The zero-order valence-electron chi connectivity index (χ0n) is 17.5. The minimum Gasteiger partial charge on any atom is -0.494 e. The van der Waals surface area contributed by atoms with E-state index in [4.69, 9.17) is 4.74 Å². The summed E-state index contributed by atoms with van der Waals surface area (Å²) in [5, 5.41) is 3.27. The van der Waals surface area contributed by atoms with Crippen LogP contribution in [-0.2, 0) is 10.0 Å². The second kappa shape index (κ2) is 8.94. The number of carbonyl (C=O) groups excluding carboxylic acids is 1. The van der Waals surface area contributed by atoms with Crippen LogP contribution >= 0.6 is 11.3 Å².